The third kappa shape index (κ3) is 4.70. The zero-order chi connectivity index (χ0) is 24.6. The van der Waals surface area contributed by atoms with Crippen LogP contribution in [0.2, 0.25) is 0 Å². The van der Waals surface area contributed by atoms with E-state index in [4.69, 9.17) is 9.84 Å². The monoisotopic (exact) mass is 484 g/mol. The first-order valence-electron chi connectivity index (χ1n) is 11.0. The van der Waals surface area contributed by atoms with Gasteiger partial charge in [-0.05, 0) is 63.9 Å². The van der Waals surface area contributed by atoms with Crippen LogP contribution in [0, 0.1) is 11.3 Å². The molecule has 3 N–H and O–H groups in total. The number of fused-ring (bicyclic) bond motifs is 1. The van der Waals surface area contributed by atoms with Crippen molar-refractivity contribution in [1.82, 2.24) is 19.5 Å². The normalized spacial score (nSPS) is 19.1. The Kier molecular flexibility index (Phi) is 6.24. The second-order valence-electron chi connectivity index (χ2n) is 9.55. The number of ether oxygens (including phenoxy) is 1. The second kappa shape index (κ2) is 8.87. The van der Waals surface area contributed by atoms with Crippen LogP contribution in [0.4, 0.5) is 11.5 Å². The van der Waals surface area contributed by atoms with Crippen molar-refractivity contribution in [2.45, 2.75) is 56.0 Å². The molecular formula is C23H28N6O4S. The van der Waals surface area contributed by atoms with Crippen molar-refractivity contribution in [3.63, 3.8) is 0 Å². The first kappa shape index (κ1) is 23.9. The highest BCUT2D eigenvalue weighted by Crippen LogP contribution is 2.35. The highest BCUT2D eigenvalue weighted by atomic mass is 32.2. The summed E-state index contributed by atoms with van der Waals surface area (Å²) in [6, 6.07) is 10.2. The van der Waals surface area contributed by atoms with E-state index in [0.29, 0.717) is 42.0 Å². The zero-order valence-electron chi connectivity index (χ0n) is 19.4. The SMILES string of the molecule is CC(C)(C)NS(=O)(=O)c1ccc(Nc2nn(C3(CC#N)CCCOC3)c3cc[nH]c(=O)c23)cc1. The molecular weight excluding hydrogens is 456 g/mol. The molecule has 10 nitrogen and oxygen atoms in total. The zero-order valence-corrected chi connectivity index (χ0v) is 20.2. The first-order chi connectivity index (χ1) is 16.0. The third-order valence-corrected chi connectivity index (χ3v) is 7.40. The molecule has 2 aromatic heterocycles. The van der Waals surface area contributed by atoms with Gasteiger partial charge in [0.2, 0.25) is 10.0 Å². The summed E-state index contributed by atoms with van der Waals surface area (Å²) in [5, 5.41) is 17.7. The maximum absolute atomic E-state index is 12.7. The van der Waals surface area contributed by atoms with Crippen LogP contribution in [0.5, 0.6) is 0 Å². The number of rotatable bonds is 6. The summed E-state index contributed by atoms with van der Waals surface area (Å²) >= 11 is 0. The quantitative estimate of drug-likeness (QED) is 0.488. The third-order valence-electron chi connectivity index (χ3n) is 5.63. The van der Waals surface area contributed by atoms with E-state index in [9.17, 15) is 18.5 Å². The molecule has 1 saturated heterocycles. The summed E-state index contributed by atoms with van der Waals surface area (Å²) in [6.07, 6.45) is 3.24. The van der Waals surface area contributed by atoms with Gasteiger partial charge in [0.1, 0.15) is 5.39 Å². The fourth-order valence-electron chi connectivity index (χ4n) is 4.21. The summed E-state index contributed by atoms with van der Waals surface area (Å²) in [4.78, 5) is 15.5. The molecule has 34 heavy (non-hydrogen) atoms. The van der Waals surface area contributed by atoms with E-state index in [2.05, 4.69) is 21.1 Å². The van der Waals surface area contributed by atoms with Crippen LogP contribution in [-0.2, 0) is 20.3 Å². The van der Waals surface area contributed by atoms with Gasteiger partial charge in [-0.2, -0.15) is 10.4 Å². The average Bonchev–Trinajstić information content (AvgIpc) is 3.14. The Hall–Kier alpha value is -3.20. The van der Waals surface area contributed by atoms with Gasteiger partial charge in [0.25, 0.3) is 5.56 Å². The predicted octanol–water partition coefficient (Wildman–Crippen LogP) is 2.96. The van der Waals surface area contributed by atoms with Crippen LogP contribution in [0.1, 0.15) is 40.0 Å². The van der Waals surface area contributed by atoms with Crippen LogP contribution in [-0.4, -0.2) is 41.9 Å². The van der Waals surface area contributed by atoms with Crippen LogP contribution < -0.4 is 15.6 Å². The van der Waals surface area contributed by atoms with Gasteiger partial charge in [-0.15, -0.1) is 0 Å². The van der Waals surface area contributed by atoms with E-state index in [1.54, 1.807) is 49.8 Å². The lowest BCUT2D eigenvalue weighted by Gasteiger charge is -2.35. The fraction of sp³-hybridized carbons (Fsp3) is 0.435. The lowest BCUT2D eigenvalue weighted by atomic mass is 9.89. The number of hydrogen-bond donors (Lipinski definition) is 3. The molecule has 11 heteroatoms. The molecule has 0 bridgehead atoms. The minimum Gasteiger partial charge on any atom is -0.379 e. The van der Waals surface area contributed by atoms with Crippen LogP contribution in [0.15, 0.2) is 46.2 Å². The summed E-state index contributed by atoms with van der Waals surface area (Å²) < 4.78 is 35.2. The van der Waals surface area contributed by atoms with Gasteiger partial charge in [-0.3, -0.25) is 9.48 Å². The largest absolute Gasteiger partial charge is 0.379 e. The van der Waals surface area contributed by atoms with E-state index in [-0.39, 0.29) is 16.9 Å². The van der Waals surface area contributed by atoms with Crippen LogP contribution in [0.25, 0.3) is 10.9 Å². The number of nitriles is 1. The number of pyridine rings is 1. The summed E-state index contributed by atoms with van der Waals surface area (Å²) in [6.45, 7) is 6.27. The van der Waals surface area contributed by atoms with Crippen molar-refractivity contribution in [3.8, 4) is 6.07 Å². The molecule has 1 aliphatic rings. The number of nitrogens with zero attached hydrogens (tertiary/aromatic N) is 3. The number of H-pyrrole nitrogens is 1. The van der Waals surface area contributed by atoms with Crippen molar-refractivity contribution in [2.24, 2.45) is 0 Å². The van der Waals surface area contributed by atoms with Gasteiger partial charge in [0.05, 0.1) is 35.0 Å². The Balaban J connectivity index is 1.72. The Morgan fingerprint density at radius 3 is 2.62 bits per heavy atom. The summed E-state index contributed by atoms with van der Waals surface area (Å²) in [5.41, 5.74) is -0.428. The van der Waals surface area contributed by atoms with Crippen molar-refractivity contribution in [3.05, 3.63) is 46.9 Å². The maximum atomic E-state index is 12.7. The van der Waals surface area contributed by atoms with Gasteiger partial charge in [0, 0.05) is 24.0 Å². The van der Waals surface area contributed by atoms with Gasteiger partial charge >= 0.3 is 0 Å². The van der Waals surface area contributed by atoms with Crippen molar-refractivity contribution in [2.75, 3.05) is 18.5 Å². The molecule has 1 aromatic carbocycles. The minimum atomic E-state index is -3.67. The number of nitrogens with one attached hydrogen (secondary N) is 3. The van der Waals surface area contributed by atoms with E-state index >= 15 is 0 Å². The lowest BCUT2D eigenvalue weighted by Crippen LogP contribution is -2.42. The molecule has 4 rings (SSSR count). The van der Waals surface area contributed by atoms with Gasteiger partial charge in [0.15, 0.2) is 5.82 Å². The molecule has 1 aliphatic heterocycles. The topological polar surface area (TPSA) is 142 Å². The summed E-state index contributed by atoms with van der Waals surface area (Å²) in [5.74, 6) is 0.322. The number of hydrogen-bond acceptors (Lipinski definition) is 7. The van der Waals surface area contributed by atoms with Crippen molar-refractivity contribution >= 4 is 32.4 Å². The van der Waals surface area contributed by atoms with Crippen molar-refractivity contribution in [1.29, 1.82) is 5.26 Å². The molecule has 3 aromatic rings. The minimum absolute atomic E-state index is 0.133. The number of benzene rings is 1. The molecule has 1 atom stereocenters. The number of aromatic nitrogens is 3. The Morgan fingerprint density at radius 2 is 2.00 bits per heavy atom. The van der Waals surface area contributed by atoms with E-state index in [1.807, 2.05) is 0 Å². The predicted molar refractivity (Wildman–Crippen MR) is 128 cm³/mol. The van der Waals surface area contributed by atoms with Gasteiger partial charge < -0.3 is 15.0 Å². The second-order valence-corrected chi connectivity index (χ2v) is 11.2. The van der Waals surface area contributed by atoms with Crippen LogP contribution >= 0.6 is 0 Å². The number of aromatic amines is 1. The molecule has 3 heterocycles. The van der Waals surface area contributed by atoms with Crippen molar-refractivity contribution < 1.29 is 13.2 Å². The molecule has 0 aliphatic carbocycles. The molecule has 0 saturated carbocycles. The Morgan fingerprint density at radius 1 is 1.26 bits per heavy atom. The average molecular weight is 485 g/mol. The molecule has 1 unspecified atom stereocenters. The molecule has 0 amide bonds. The van der Waals surface area contributed by atoms with Gasteiger partial charge in [-0.25, -0.2) is 13.1 Å². The molecule has 0 radical (unpaired) electrons. The molecule has 180 valence electrons. The smallest absolute Gasteiger partial charge is 0.261 e. The Labute approximate surface area is 198 Å². The fourth-order valence-corrected chi connectivity index (χ4v) is 5.63. The number of sulfonamides is 1. The molecule has 0 spiro atoms. The van der Waals surface area contributed by atoms with E-state index in [1.165, 1.54) is 12.1 Å². The van der Waals surface area contributed by atoms with Gasteiger partial charge in [-0.1, -0.05) is 0 Å². The summed E-state index contributed by atoms with van der Waals surface area (Å²) in [7, 11) is -3.67. The highest BCUT2D eigenvalue weighted by molar-refractivity contribution is 7.89. The maximum Gasteiger partial charge on any atom is 0.261 e. The lowest BCUT2D eigenvalue weighted by molar-refractivity contribution is -0.00174. The van der Waals surface area contributed by atoms with Crippen LogP contribution in [0.3, 0.4) is 0 Å². The van der Waals surface area contributed by atoms with E-state index in [0.717, 1.165) is 6.42 Å². The van der Waals surface area contributed by atoms with E-state index < -0.39 is 21.1 Å². The first-order valence-corrected chi connectivity index (χ1v) is 12.5. The highest BCUT2D eigenvalue weighted by Gasteiger charge is 2.38. The number of anilines is 2. The Bertz CT molecular complexity index is 1390. The molecule has 1 fully saturated rings. The standard InChI is InChI=1S/C23H28N6O4S/c1-22(2,3)28-34(31,32)17-7-5-16(6-8-17)26-20-19-18(9-13-25-21(19)30)29(27-20)23(11-12-24)10-4-14-33-15-23/h5-9,13,28H,4,10-11,14-15H2,1-3H3,(H,25,30)(H,26,27).